The zero-order valence-electron chi connectivity index (χ0n) is 18.9. The van der Waals surface area contributed by atoms with Crippen LogP contribution >= 0.6 is 0 Å². The summed E-state index contributed by atoms with van der Waals surface area (Å²) in [6.45, 7) is 5.07. The number of nitrogens with one attached hydrogen (secondary N) is 3. The van der Waals surface area contributed by atoms with Crippen LogP contribution in [0.4, 0.5) is 20.6 Å². The Kier molecular flexibility index (Phi) is 8.18. The predicted molar refractivity (Wildman–Crippen MR) is 123 cm³/mol. The van der Waals surface area contributed by atoms with Gasteiger partial charge in [0.1, 0.15) is 22.1 Å². The second-order valence-corrected chi connectivity index (χ2v) is 9.61. The van der Waals surface area contributed by atoms with Crippen molar-refractivity contribution in [3.63, 3.8) is 0 Å². The van der Waals surface area contributed by atoms with Crippen LogP contribution in [-0.2, 0) is 19.6 Å². The number of hydrogen-bond acceptors (Lipinski definition) is 6. The molecule has 3 N–H and O–H groups in total. The Morgan fingerprint density at radius 2 is 1.73 bits per heavy atom. The van der Waals surface area contributed by atoms with Gasteiger partial charge in [-0.05, 0) is 69.8 Å². The van der Waals surface area contributed by atoms with Gasteiger partial charge < -0.3 is 14.8 Å². The van der Waals surface area contributed by atoms with E-state index in [0.29, 0.717) is 5.56 Å². The van der Waals surface area contributed by atoms with E-state index in [2.05, 4.69) is 15.4 Å². The first-order valence-electron chi connectivity index (χ1n) is 9.75. The van der Waals surface area contributed by atoms with Crippen molar-refractivity contribution in [1.82, 2.24) is 4.72 Å². The Bertz CT molecular complexity index is 1170. The summed E-state index contributed by atoms with van der Waals surface area (Å²) in [4.78, 5) is 24.3. The van der Waals surface area contributed by atoms with Crippen LogP contribution in [0.1, 0.15) is 26.3 Å². The third-order valence-corrected chi connectivity index (χ3v) is 5.48. The largest absolute Gasteiger partial charge is 0.495 e. The average molecular weight is 480 g/mol. The number of halogens is 1. The minimum absolute atomic E-state index is 0.0173. The van der Waals surface area contributed by atoms with Gasteiger partial charge in [-0.15, -0.1) is 0 Å². The molecule has 0 bridgehead atoms. The molecule has 2 amide bonds. The lowest BCUT2D eigenvalue weighted by atomic mass is 10.2. The predicted octanol–water partition coefficient (Wildman–Crippen LogP) is 3.74. The highest BCUT2D eigenvalue weighted by atomic mass is 32.2. The smallest absolute Gasteiger partial charge is 0.412 e. The Morgan fingerprint density at radius 3 is 2.33 bits per heavy atom. The van der Waals surface area contributed by atoms with Crippen LogP contribution in [0.3, 0.4) is 0 Å². The highest BCUT2D eigenvalue weighted by Crippen LogP contribution is 2.26. The SMILES string of the molecule is CNS(=O)(=O)c1cc(/C=C/C(=O)Nc2cc(F)ccc2NC(=O)OC(C)(C)C)ccc1OC. The molecule has 0 radical (unpaired) electrons. The lowest BCUT2D eigenvalue weighted by Crippen LogP contribution is -2.27. The first kappa shape index (κ1) is 25.8. The van der Waals surface area contributed by atoms with Gasteiger partial charge >= 0.3 is 6.09 Å². The minimum atomic E-state index is -3.79. The van der Waals surface area contributed by atoms with Crippen LogP contribution < -0.4 is 20.1 Å². The Morgan fingerprint density at radius 1 is 1.03 bits per heavy atom. The van der Waals surface area contributed by atoms with Crippen molar-refractivity contribution < 1.29 is 31.9 Å². The number of ether oxygens (including phenoxy) is 2. The fourth-order valence-corrected chi connectivity index (χ4v) is 3.53. The average Bonchev–Trinajstić information content (AvgIpc) is 2.72. The summed E-state index contributed by atoms with van der Waals surface area (Å²) in [5, 5.41) is 4.94. The normalized spacial score (nSPS) is 11.8. The van der Waals surface area contributed by atoms with E-state index in [-0.39, 0.29) is 22.0 Å². The van der Waals surface area contributed by atoms with Gasteiger partial charge in [-0.25, -0.2) is 22.3 Å². The molecule has 0 aliphatic heterocycles. The molecular formula is C22H26FN3O6S. The molecule has 11 heteroatoms. The van der Waals surface area contributed by atoms with Crippen molar-refractivity contribution in [2.24, 2.45) is 0 Å². The standard InChI is InChI=1S/C22H26FN3O6S/c1-22(2,3)32-21(28)26-16-9-8-15(23)13-17(16)25-20(27)11-7-14-6-10-18(31-5)19(12-14)33(29,30)24-4/h6-13,24H,1-5H3,(H,25,27)(H,26,28)/b11-7+. The Hall–Kier alpha value is -3.44. The van der Waals surface area contributed by atoms with Crippen LogP contribution in [-0.4, -0.2) is 40.2 Å². The number of sulfonamides is 1. The molecule has 178 valence electrons. The molecule has 0 spiro atoms. The maximum absolute atomic E-state index is 13.7. The van der Waals surface area contributed by atoms with Crippen molar-refractivity contribution in [3.05, 3.63) is 53.9 Å². The molecule has 2 rings (SSSR count). The molecule has 0 atom stereocenters. The number of carbonyl (C=O) groups excluding carboxylic acids is 2. The Labute approximate surface area is 192 Å². The number of rotatable bonds is 7. The summed E-state index contributed by atoms with van der Waals surface area (Å²) in [7, 11) is -1.18. The van der Waals surface area contributed by atoms with Crippen molar-refractivity contribution in [1.29, 1.82) is 0 Å². The van der Waals surface area contributed by atoms with Crippen molar-refractivity contribution in [2.45, 2.75) is 31.3 Å². The van der Waals surface area contributed by atoms with Crippen LogP contribution in [0.15, 0.2) is 47.4 Å². The van der Waals surface area contributed by atoms with Gasteiger partial charge in [0.15, 0.2) is 0 Å². The van der Waals surface area contributed by atoms with Crippen molar-refractivity contribution in [2.75, 3.05) is 24.8 Å². The van der Waals surface area contributed by atoms with E-state index < -0.39 is 33.4 Å². The third-order valence-electron chi connectivity index (χ3n) is 4.05. The summed E-state index contributed by atoms with van der Waals surface area (Å²) in [6.07, 6.45) is 1.75. The molecule has 33 heavy (non-hydrogen) atoms. The van der Waals surface area contributed by atoms with E-state index >= 15 is 0 Å². The van der Waals surface area contributed by atoms with E-state index in [4.69, 9.17) is 9.47 Å². The molecular weight excluding hydrogens is 453 g/mol. The van der Waals surface area contributed by atoms with Crippen LogP contribution in [0.25, 0.3) is 6.08 Å². The van der Waals surface area contributed by atoms with Gasteiger partial charge in [-0.1, -0.05) is 6.07 Å². The summed E-state index contributed by atoms with van der Waals surface area (Å²) < 4.78 is 50.5. The number of methoxy groups -OCH3 is 1. The van der Waals surface area contributed by atoms with E-state index in [1.165, 1.54) is 38.4 Å². The van der Waals surface area contributed by atoms with Gasteiger partial charge in [0.25, 0.3) is 0 Å². The van der Waals surface area contributed by atoms with Gasteiger partial charge in [0.05, 0.1) is 18.5 Å². The maximum atomic E-state index is 13.7. The number of amides is 2. The fraction of sp³-hybridized carbons (Fsp3) is 0.273. The summed E-state index contributed by atoms with van der Waals surface area (Å²) in [5.74, 6) is -1.12. The number of anilines is 2. The topological polar surface area (TPSA) is 123 Å². The molecule has 0 aliphatic rings. The van der Waals surface area contributed by atoms with Crippen molar-refractivity contribution in [3.8, 4) is 5.75 Å². The molecule has 0 saturated heterocycles. The zero-order valence-corrected chi connectivity index (χ0v) is 19.7. The molecule has 0 heterocycles. The quantitative estimate of drug-likeness (QED) is 0.520. The first-order valence-corrected chi connectivity index (χ1v) is 11.2. The molecule has 9 nitrogen and oxygen atoms in total. The lowest BCUT2D eigenvalue weighted by molar-refractivity contribution is -0.111. The van der Waals surface area contributed by atoms with Crippen LogP contribution in [0.5, 0.6) is 5.75 Å². The van der Waals surface area contributed by atoms with Gasteiger partial charge in [0, 0.05) is 6.08 Å². The van der Waals surface area contributed by atoms with E-state index in [1.54, 1.807) is 26.8 Å². The second kappa shape index (κ2) is 10.5. The second-order valence-electron chi connectivity index (χ2n) is 7.76. The first-order chi connectivity index (χ1) is 15.3. The number of carbonyl (C=O) groups is 2. The molecule has 0 unspecified atom stereocenters. The third kappa shape index (κ3) is 7.58. The van der Waals surface area contributed by atoms with Crippen LogP contribution in [0.2, 0.25) is 0 Å². The summed E-state index contributed by atoms with van der Waals surface area (Å²) >= 11 is 0. The maximum Gasteiger partial charge on any atom is 0.412 e. The molecule has 0 saturated carbocycles. The van der Waals surface area contributed by atoms with Crippen molar-refractivity contribution >= 4 is 39.5 Å². The Balaban J connectivity index is 2.22. The molecule has 0 aromatic heterocycles. The fourth-order valence-electron chi connectivity index (χ4n) is 2.61. The zero-order chi connectivity index (χ0) is 24.8. The molecule has 2 aromatic carbocycles. The van der Waals surface area contributed by atoms with Crippen LogP contribution in [0, 0.1) is 5.82 Å². The molecule has 2 aromatic rings. The molecule has 0 aliphatic carbocycles. The monoisotopic (exact) mass is 479 g/mol. The summed E-state index contributed by atoms with van der Waals surface area (Å²) in [6, 6.07) is 7.82. The van der Waals surface area contributed by atoms with E-state index in [0.717, 1.165) is 18.2 Å². The van der Waals surface area contributed by atoms with E-state index in [1.807, 2.05) is 0 Å². The van der Waals surface area contributed by atoms with Gasteiger partial charge in [-0.3, -0.25) is 10.1 Å². The van der Waals surface area contributed by atoms with E-state index in [9.17, 15) is 22.4 Å². The minimum Gasteiger partial charge on any atom is -0.495 e. The molecule has 0 fully saturated rings. The number of hydrogen-bond donors (Lipinski definition) is 3. The van der Waals surface area contributed by atoms with Gasteiger partial charge in [0.2, 0.25) is 15.9 Å². The lowest BCUT2D eigenvalue weighted by Gasteiger charge is -2.20. The highest BCUT2D eigenvalue weighted by Gasteiger charge is 2.19. The summed E-state index contributed by atoms with van der Waals surface area (Å²) in [5.41, 5.74) is -0.178. The highest BCUT2D eigenvalue weighted by molar-refractivity contribution is 7.89. The van der Waals surface area contributed by atoms with Gasteiger partial charge in [-0.2, -0.15) is 0 Å². The number of benzene rings is 2.